The minimum Gasteiger partial charge on any atom is -0.737 e. The van der Waals surface area contributed by atoms with E-state index in [1.165, 1.54) is 5.01 Å². The molecule has 0 spiro atoms. The third-order valence-corrected chi connectivity index (χ3v) is 1.61. The topological polar surface area (TPSA) is 85.0 Å². The first-order valence-electron chi connectivity index (χ1n) is 2.97. The second-order valence-corrected chi connectivity index (χ2v) is 2.12. The smallest absolute Gasteiger partial charge is 0.112 e. The molecule has 0 aromatic rings. The molecule has 1 heterocycles. The molecule has 1 atom stereocenters. The van der Waals surface area contributed by atoms with Gasteiger partial charge in [0.25, 0.3) is 0 Å². The van der Waals surface area contributed by atoms with Gasteiger partial charge in [-0.05, 0) is 11.7 Å². The lowest BCUT2D eigenvalue weighted by Crippen LogP contribution is -2.52. The van der Waals surface area contributed by atoms with Crippen LogP contribution in [0.1, 0.15) is 6.42 Å². The van der Waals surface area contributed by atoms with Crippen LogP contribution in [0, 0.1) is 10.4 Å². The van der Waals surface area contributed by atoms with Gasteiger partial charge in [0.2, 0.25) is 0 Å². The van der Waals surface area contributed by atoms with Crippen LogP contribution >= 0.6 is 0 Å². The minimum absolute atomic E-state index is 0.0234. The van der Waals surface area contributed by atoms with E-state index in [2.05, 4.69) is 5.28 Å². The van der Waals surface area contributed by atoms with Crippen LogP contribution < -0.4 is 0 Å². The first-order chi connectivity index (χ1) is 4.79. The monoisotopic (exact) mass is 146 g/mol. The Kier molecular flexibility index (Phi) is 1.91. The molecule has 6 nitrogen and oxygen atoms in total. The summed E-state index contributed by atoms with van der Waals surface area (Å²) < 4.78 is 0. The fourth-order valence-corrected chi connectivity index (χ4v) is 0.885. The molecule has 0 bridgehead atoms. The lowest BCUT2D eigenvalue weighted by molar-refractivity contribution is -0.713. The third-order valence-electron chi connectivity index (χ3n) is 1.61. The lowest BCUT2D eigenvalue weighted by atomic mass is 10.1. The molecule has 0 saturated carbocycles. The summed E-state index contributed by atoms with van der Waals surface area (Å²) in [6.07, 6.45) is 0.741. The van der Waals surface area contributed by atoms with Gasteiger partial charge in [-0.25, -0.2) is 0 Å². The van der Waals surface area contributed by atoms with Gasteiger partial charge >= 0.3 is 0 Å². The van der Waals surface area contributed by atoms with Gasteiger partial charge in [-0.15, -0.1) is 5.01 Å². The van der Waals surface area contributed by atoms with Crippen molar-refractivity contribution in [3.63, 3.8) is 0 Å². The molecule has 1 aliphatic rings. The van der Waals surface area contributed by atoms with Crippen molar-refractivity contribution in [2.45, 2.75) is 12.5 Å². The van der Waals surface area contributed by atoms with Crippen molar-refractivity contribution in [1.82, 2.24) is 5.01 Å². The summed E-state index contributed by atoms with van der Waals surface area (Å²) >= 11 is 0. The van der Waals surface area contributed by atoms with Gasteiger partial charge in [-0.2, -0.15) is 0 Å². The first kappa shape index (κ1) is 7.07. The fraction of sp³-hybridized carbons (Fsp3) is 1.00. The zero-order chi connectivity index (χ0) is 7.56. The van der Waals surface area contributed by atoms with E-state index in [0.717, 1.165) is 6.42 Å². The number of aliphatic hydroxyl groups excluding tert-OH is 1. The normalized spacial score (nSPS) is 26.3. The Morgan fingerprint density at radius 2 is 2.50 bits per heavy atom. The van der Waals surface area contributed by atoms with Crippen LogP contribution in [-0.2, 0) is 0 Å². The average molecular weight is 146 g/mol. The van der Waals surface area contributed by atoms with Gasteiger partial charge in [-0.1, -0.05) is 0 Å². The van der Waals surface area contributed by atoms with Crippen LogP contribution in [0.4, 0.5) is 0 Å². The highest BCUT2D eigenvalue weighted by Gasteiger charge is 2.33. The Labute approximate surface area is 57.5 Å². The lowest BCUT2D eigenvalue weighted by Gasteiger charge is -2.34. The van der Waals surface area contributed by atoms with Crippen LogP contribution in [0.3, 0.4) is 0 Å². The van der Waals surface area contributed by atoms with Crippen LogP contribution in [0.25, 0.3) is 0 Å². The maximum atomic E-state index is 10.4. The molecule has 6 heteroatoms. The van der Waals surface area contributed by atoms with Crippen molar-refractivity contribution >= 4 is 0 Å². The summed E-state index contributed by atoms with van der Waals surface area (Å²) in [5.74, 6) is 0. The summed E-state index contributed by atoms with van der Waals surface area (Å²) in [4.78, 5) is -0.0234. The summed E-state index contributed by atoms with van der Waals surface area (Å²) in [7, 11) is 0. The highest BCUT2D eigenvalue weighted by atomic mass is 16.6. The number of rotatable bonds is 2. The molecule has 1 rings (SSSR count). The fourth-order valence-electron chi connectivity index (χ4n) is 0.885. The Morgan fingerprint density at radius 1 is 1.80 bits per heavy atom. The van der Waals surface area contributed by atoms with Crippen molar-refractivity contribution in [2.75, 3.05) is 13.2 Å². The van der Waals surface area contributed by atoms with E-state index in [9.17, 15) is 10.4 Å². The average Bonchev–Trinajstić information content (AvgIpc) is 1.86. The first-order valence-corrected chi connectivity index (χ1v) is 2.97. The van der Waals surface area contributed by atoms with Crippen molar-refractivity contribution in [1.29, 1.82) is 0 Å². The van der Waals surface area contributed by atoms with Crippen molar-refractivity contribution in [3.8, 4) is 0 Å². The molecule has 58 valence electrons. The van der Waals surface area contributed by atoms with E-state index in [0.29, 0.717) is 6.54 Å². The van der Waals surface area contributed by atoms with E-state index >= 15 is 0 Å². The molecule has 1 fully saturated rings. The number of hydrazine groups is 1. The second kappa shape index (κ2) is 2.70. The largest absolute Gasteiger partial charge is 0.737 e. The molecular formula is C4H8N3O3-. The molecule has 1 aliphatic heterocycles. The number of aliphatic hydroxyl groups is 1. The molecule has 0 aromatic carbocycles. The number of hydrogen-bond donors (Lipinski definition) is 1. The van der Waals surface area contributed by atoms with Gasteiger partial charge in [0, 0.05) is 4.97 Å². The Balaban J connectivity index is 2.43. The summed E-state index contributed by atoms with van der Waals surface area (Å²) in [6.45, 7) is 0.398. The van der Waals surface area contributed by atoms with E-state index in [4.69, 9.17) is 5.11 Å². The molecule has 1 N–H and O–H groups in total. The van der Waals surface area contributed by atoms with Crippen LogP contribution in [0.5, 0.6) is 0 Å². The quantitative estimate of drug-likeness (QED) is 0.321. The summed E-state index contributed by atoms with van der Waals surface area (Å²) in [6, 6.07) is -0.213. The van der Waals surface area contributed by atoms with Crippen molar-refractivity contribution in [2.24, 2.45) is 5.28 Å². The van der Waals surface area contributed by atoms with Gasteiger partial charge in [0.15, 0.2) is 0 Å². The predicted octanol–water partition coefficient (Wildman–Crippen LogP) is -0.572. The van der Waals surface area contributed by atoms with Crippen LogP contribution in [0.15, 0.2) is 5.28 Å². The van der Waals surface area contributed by atoms with E-state index in [-0.39, 0.29) is 17.6 Å². The molecule has 0 unspecified atom stereocenters. The summed E-state index contributed by atoms with van der Waals surface area (Å²) in [5.41, 5.74) is 0. The third kappa shape index (κ3) is 0.971. The van der Waals surface area contributed by atoms with E-state index < -0.39 is 0 Å². The molecule has 0 amide bonds. The molecule has 1 saturated heterocycles. The maximum Gasteiger partial charge on any atom is 0.112 e. The van der Waals surface area contributed by atoms with Crippen LogP contribution in [-0.4, -0.2) is 34.3 Å². The SMILES string of the molecule is [O-]/N=[N+](/[O-])N1CC[C@H]1CO. The highest BCUT2D eigenvalue weighted by Crippen LogP contribution is 2.15. The standard InChI is InChI=1S/C4H9N3O3/c8-3-4-1-2-6(4)7(10)5-9/h4,8-9H,1-3H2/p-1/b7-5+/t4-/m0/s1. The molecular weight excluding hydrogens is 138 g/mol. The van der Waals surface area contributed by atoms with Gasteiger partial charge in [-0.3, -0.25) is 0 Å². The zero-order valence-corrected chi connectivity index (χ0v) is 5.30. The molecule has 0 aliphatic carbocycles. The predicted molar refractivity (Wildman–Crippen MR) is 31.6 cm³/mol. The van der Waals surface area contributed by atoms with Crippen molar-refractivity contribution in [3.05, 3.63) is 10.4 Å². The molecule has 0 radical (unpaired) electrons. The Morgan fingerprint density at radius 3 is 2.80 bits per heavy atom. The molecule has 10 heavy (non-hydrogen) atoms. The van der Waals surface area contributed by atoms with E-state index in [1.54, 1.807) is 0 Å². The summed E-state index contributed by atoms with van der Waals surface area (Å²) in [5, 5.41) is 31.9. The van der Waals surface area contributed by atoms with Crippen molar-refractivity contribution < 1.29 is 10.1 Å². The van der Waals surface area contributed by atoms with Crippen LogP contribution in [0.2, 0.25) is 0 Å². The van der Waals surface area contributed by atoms with E-state index in [1.807, 2.05) is 0 Å². The van der Waals surface area contributed by atoms with Gasteiger partial charge in [0.05, 0.1) is 13.2 Å². The zero-order valence-electron chi connectivity index (χ0n) is 5.30. The minimum atomic E-state index is -0.213. The highest BCUT2D eigenvalue weighted by molar-refractivity contribution is 4.74. The molecule has 0 aromatic heterocycles. The van der Waals surface area contributed by atoms with Gasteiger partial charge < -0.3 is 15.5 Å². The maximum absolute atomic E-state index is 10.4. The number of hydrogen-bond acceptors (Lipinski definition) is 4. The van der Waals surface area contributed by atoms with Gasteiger partial charge in [0.1, 0.15) is 6.04 Å². The number of nitrogens with zero attached hydrogens (tertiary/aromatic N) is 3. The Hall–Kier alpha value is -1.04. The Bertz CT molecular complexity index is 147. The second-order valence-electron chi connectivity index (χ2n) is 2.12.